The third-order valence-corrected chi connectivity index (χ3v) is 2.54. The molecule has 0 aliphatic carbocycles. The normalized spacial score (nSPS) is 9.70. The van der Waals surface area contributed by atoms with Crippen molar-refractivity contribution >= 4 is 11.9 Å². The number of esters is 1. The number of nitrogens with one attached hydrogen (secondary N) is 1. The zero-order valence-corrected chi connectivity index (χ0v) is 11.7. The second-order valence-corrected chi connectivity index (χ2v) is 3.95. The summed E-state index contributed by atoms with van der Waals surface area (Å²) in [4.78, 5) is 22.3. The third kappa shape index (κ3) is 6.08. The Morgan fingerprint density at radius 3 is 2.30 bits per heavy atom. The van der Waals surface area contributed by atoms with Gasteiger partial charge in [-0.3, -0.25) is 9.59 Å². The highest BCUT2D eigenvalue weighted by atomic mass is 16.5. The molecule has 0 saturated heterocycles. The number of ether oxygens (including phenoxy) is 3. The molecule has 0 aliphatic rings. The summed E-state index contributed by atoms with van der Waals surface area (Å²) in [6.07, 6.45) is 0.398. The number of carbonyl (C=O) groups excluding carboxylic acids is 2. The van der Waals surface area contributed by atoms with Crippen LogP contribution in [0, 0.1) is 0 Å². The van der Waals surface area contributed by atoms with Crippen LogP contribution >= 0.6 is 0 Å². The summed E-state index contributed by atoms with van der Waals surface area (Å²) in [6.45, 7) is 0.546. The van der Waals surface area contributed by atoms with Crippen LogP contribution in [0.1, 0.15) is 12.8 Å². The number of methoxy groups -OCH3 is 2. The molecule has 1 aromatic carbocycles. The molecule has 0 bridgehead atoms. The maximum Gasteiger partial charge on any atom is 0.307 e. The molecule has 0 radical (unpaired) electrons. The van der Waals surface area contributed by atoms with Gasteiger partial charge in [0.25, 0.3) is 0 Å². The van der Waals surface area contributed by atoms with Gasteiger partial charge in [-0.25, -0.2) is 0 Å². The Morgan fingerprint density at radius 1 is 1.05 bits per heavy atom. The Balaban J connectivity index is 2.16. The van der Waals surface area contributed by atoms with Crippen LogP contribution in [-0.4, -0.2) is 39.2 Å². The first-order valence-electron chi connectivity index (χ1n) is 6.26. The number of hydrogen-bond donors (Lipinski definition) is 1. The van der Waals surface area contributed by atoms with E-state index in [-0.39, 0.29) is 37.9 Å². The Bertz CT molecular complexity index is 430. The number of carbonyl (C=O) groups is 2. The summed E-state index contributed by atoms with van der Waals surface area (Å²) in [7, 11) is 2.90. The van der Waals surface area contributed by atoms with Crippen molar-refractivity contribution in [3.05, 3.63) is 24.3 Å². The van der Waals surface area contributed by atoms with Gasteiger partial charge in [0.1, 0.15) is 11.5 Å². The van der Waals surface area contributed by atoms with Gasteiger partial charge in [0.2, 0.25) is 5.91 Å². The highest BCUT2D eigenvalue weighted by Crippen LogP contribution is 2.16. The highest BCUT2D eigenvalue weighted by Gasteiger charge is 2.04. The van der Waals surface area contributed by atoms with E-state index in [1.807, 2.05) is 0 Å². The maximum atomic E-state index is 11.4. The van der Waals surface area contributed by atoms with Gasteiger partial charge in [0.05, 0.1) is 33.7 Å². The van der Waals surface area contributed by atoms with Gasteiger partial charge in [-0.15, -0.1) is 0 Å². The zero-order chi connectivity index (χ0) is 14.8. The molecule has 0 aliphatic heterocycles. The Kier molecular flexibility index (Phi) is 6.95. The molecule has 0 unspecified atom stereocenters. The fraction of sp³-hybridized carbons (Fsp3) is 0.429. The van der Waals surface area contributed by atoms with Crippen LogP contribution in [0.5, 0.6) is 11.5 Å². The van der Waals surface area contributed by atoms with Crippen molar-refractivity contribution < 1.29 is 23.8 Å². The standard InChI is InChI=1S/C14H19NO5/c1-18-11-3-5-12(6-4-11)20-10-8-13(16)15-9-7-14(17)19-2/h3-6H,7-10H2,1-2H3,(H,15,16). The molecule has 1 aromatic rings. The van der Waals surface area contributed by atoms with Crippen molar-refractivity contribution in [2.75, 3.05) is 27.4 Å². The molecule has 0 saturated carbocycles. The molecule has 20 heavy (non-hydrogen) atoms. The maximum absolute atomic E-state index is 11.4. The molecule has 0 heterocycles. The molecular formula is C14H19NO5. The quantitative estimate of drug-likeness (QED) is 0.723. The molecule has 0 aromatic heterocycles. The van der Waals surface area contributed by atoms with Gasteiger partial charge in [0, 0.05) is 6.54 Å². The summed E-state index contributed by atoms with van der Waals surface area (Å²) in [5.74, 6) is 0.910. The molecule has 0 spiro atoms. The van der Waals surface area contributed by atoms with E-state index in [2.05, 4.69) is 10.1 Å². The van der Waals surface area contributed by atoms with Crippen LogP contribution in [-0.2, 0) is 14.3 Å². The SMILES string of the molecule is COC(=O)CCNC(=O)CCOc1ccc(OC)cc1. The minimum Gasteiger partial charge on any atom is -0.497 e. The van der Waals surface area contributed by atoms with E-state index < -0.39 is 0 Å². The fourth-order valence-corrected chi connectivity index (χ4v) is 1.43. The summed E-state index contributed by atoms with van der Waals surface area (Å²) in [5, 5.41) is 2.61. The van der Waals surface area contributed by atoms with Crippen LogP contribution in [0.3, 0.4) is 0 Å². The van der Waals surface area contributed by atoms with Gasteiger partial charge in [-0.05, 0) is 24.3 Å². The molecule has 0 fully saturated rings. The minimum absolute atomic E-state index is 0.164. The first kappa shape index (κ1) is 15.8. The predicted molar refractivity (Wildman–Crippen MR) is 72.7 cm³/mol. The van der Waals surface area contributed by atoms with E-state index in [9.17, 15) is 9.59 Å². The van der Waals surface area contributed by atoms with Crippen molar-refractivity contribution in [1.29, 1.82) is 0 Å². The molecule has 1 N–H and O–H groups in total. The van der Waals surface area contributed by atoms with Crippen molar-refractivity contribution in [1.82, 2.24) is 5.32 Å². The fourth-order valence-electron chi connectivity index (χ4n) is 1.43. The van der Waals surface area contributed by atoms with Crippen LogP contribution in [0.15, 0.2) is 24.3 Å². The first-order valence-corrected chi connectivity index (χ1v) is 6.26. The zero-order valence-electron chi connectivity index (χ0n) is 11.7. The third-order valence-electron chi connectivity index (χ3n) is 2.54. The summed E-state index contributed by atoms with van der Waals surface area (Å²) in [5.41, 5.74) is 0. The lowest BCUT2D eigenvalue weighted by Gasteiger charge is -2.07. The van der Waals surface area contributed by atoms with E-state index in [0.717, 1.165) is 5.75 Å². The lowest BCUT2D eigenvalue weighted by molar-refractivity contribution is -0.140. The van der Waals surface area contributed by atoms with Crippen molar-refractivity contribution in [3.63, 3.8) is 0 Å². The molecule has 110 valence electrons. The first-order chi connectivity index (χ1) is 9.65. The second-order valence-electron chi connectivity index (χ2n) is 3.95. The van der Waals surface area contributed by atoms with Gasteiger partial charge in [0.15, 0.2) is 0 Å². The van der Waals surface area contributed by atoms with Crippen LogP contribution in [0.4, 0.5) is 0 Å². The average Bonchev–Trinajstić information content (AvgIpc) is 2.47. The van der Waals surface area contributed by atoms with Gasteiger partial charge >= 0.3 is 5.97 Å². The van der Waals surface area contributed by atoms with E-state index >= 15 is 0 Å². The second kappa shape index (κ2) is 8.79. The number of rotatable bonds is 8. The van der Waals surface area contributed by atoms with Crippen LogP contribution < -0.4 is 14.8 Å². The smallest absolute Gasteiger partial charge is 0.307 e. The molecule has 6 nitrogen and oxygen atoms in total. The minimum atomic E-state index is -0.347. The van der Waals surface area contributed by atoms with E-state index in [4.69, 9.17) is 9.47 Å². The lowest BCUT2D eigenvalue weighted by Crippen LogP contribution is -2.27. The van der Waals surface area contributed by atoms with E-state index in [0.29, 0.717) is 5.75 Å². The van der Waals surface area contributed by atoms with E-state index in [1.54, 1.807) is 31.4 Å². The predicted octanol–water partition coefficient (Wildman–Crippen LogP) is 1.14. The monoisotopic (exact) mass is 281 g/mol. The summed E-state index contributed by atoms with van der Waals surface area (Å²) >= 11 is 0. The van der Waals surface area contributed by atoms with Crippen LogP contribution in [0.2, 0.25) is 0 Å². The Hall–Kier alpha value is -2.24. The summed E-state index contributed by atoms with van der Waals surface area (Å²) < 4.78 is 14.9. The largest absolute Gasteiger partial charge is 0.497 e. The van der Waals surface area contributed by atoms with Crippen LogP contribution in [0.25, 0.3) is 0 Å². The highest BCUT2D eigenvalue weighted by molar-refractivity contribution is 5.77. The lowest BCUT2D eigenvalue weighted by atomic mass is 10.3. The molecule has 6 heteroatoms. The number of benzene rings is 1. The summed E-state index contributed by atoms with van der Waals surface area (Å²) in [6, 6.07) is 7.11. The Morgan fingerprint density at radius 2 is 1.70 bits per heavy atom. The number of amides is 1. The Labute approximate surface area is 118 Å². The molecular weight excluding hydrogens is 262 g/mol. The van der Waals surface area contributed by atoms with Crippen molar-refractivity contribution in [2.45, 2.75) is 12.8 Å². The van der Waals surface area contributed by atoms with E-state index in [1.165, 1.54) is 7.11 Å². The van der Waals surface area contributed by atoms with Gasteiger partial charge in [-0.2, -0.15) is 0 Å². The molecule has 0 atom stereocenters. The van der Waals surface area contributed by atoms with Gasteiger partial charge in [-0.1, -0.05) is 0 Å². The van der Waals surface area contributed by atoms with Gasteiger partial charge < -0.3 is 19.5 Å². The molecule has 1 rings (SSSR count). The average molecular weight is 281 g/mol. The number of hydrogen-bond acceptors (Lipinski definition) is 5. The van der Waals surface area contributed by atoms with Crippen molar-refractivity contribution in [3.8, 4) is 11.5 Å². The topological polar surface area (TPSA) is 73.9 Å². The molecule has 1 amide bonds. The van der Waals surface area contributed by atoms with Crippen molar-refractivity contribution in [2.24, 2.45) is 0 Å².